The van der Waals surface area contributed by atoms with Crippen LogP contribution >= 0.6 is 0 Å². The molecule has 1 aromatic carbocycles. The Balaban J connectivity index is 2.18. The quantitative estimate of drug-likeness (QED) is 0.516. The number of aryl methyl sites for hydroxylation is 2. The normalized spacial score (nSPS) is 16.6. The van der Waals surface area contributed by atoms with Crippen LogP contribution in [0.5, 0.6) is 5.75 Å². The van der Waals surface area contributed by atoms with E-state index in [1.165, 1.54) is 6.07 Å². The summed E-state index contributed by atoms with van der Waals surface area (Å²) >= 11 is 0. The van der Waals surface area contributed by atoms with E-state index in [2.05, 4.69) is 15.0 Å². The second-order valence-corrected chi connectivity index (χ2v) is 5.03. The van der Waals surface area contributed by atoms with Crippen LogP contribution in [0.4, 0.5) is 0 Å². The first kappa shape index (κ1) is 12.6. The number of rotatable bonds is 2. The first-order valence-corrected chi connectivity index (χ1v) is 6.44. The summed E-state index contributed by atoms with van der Waals surface area (Å²) in [4.78, 5) is 17.2. The third-order valence-electron chi connectivity index (χ3n) is 3.83. The molecule has 0 radical (unpaired) electrons. The molecular formula is C14H14N4O2. The Kier molecular flexibility index (Phi) is 2.88. The Morgan fingerprint density at radius 1 is 1.45 bits per heavy atom. The van der Waals surface area contributed by atoms with E-state index in [9.17, 15) is 4.79 Å². The van der Waals surface area contributed by atoms with Gasteiger partial charge in [0.25, 0.3) is 0 Å². The summed E-state index contributed by atoms with van der Waals surface area (Å²) in [5.74, 6) is 0.861. The van der Waals surface area contributed by atoms with Gasteiger partial charge in [-0.15, -0.1) is 0 Å². The summed E-state index contributed by atoms with van der Waals surface area (Å²) < 4.78 is 5.90. The largest absolute Gasteiger partial charge is 0.489 e. The third kappa shape index (κ3) is 1.82. The lowest BCUT2D eigenvalue weighted by molar-refractivity contribution is 0.240. The number of aromatic nitrogens is 1. The van der Waals surface area contributed by atoms with Crippen LogP contribution in [0.3, 0.4) is 0 Å². The lowest BCUT2D eigenvalue weighted by Gasteiger charge is -2.12. The molecular weight excluding hydrogens is 256 g/mol. The molecule has 0 amide bonds. The minimum Gasteiger partial charge on any atom is -0.489 e. The van der Waals surface area contributed by atoms with E-state index in [0.29, 0.717) is 13.0 Å². The molecule has 2 aromatic rings. The van der Waals surface area contributed by atoms with Gasteiger partial charge in [0.05, 0.1) is 12.1 Å². The number of hydrogen-bond acceptors (Lipinski definition) is 3. The number of aromatic amines is 1. The Labute approximate surface area is 115 Å². The van der Waals surface area contributed by atoms with Gasteiger partial charge in [-0.25, -0.2) is 0 Å². The second kappa shape index (κ2) is 4.58. The van der Waals surface area contributed by atoms with E-state index in [1.807, 2.05) is 19.9 Å². The average Bonchev–Trinajstić information content (AvgIpc) is 2.87. The molecule has 1 atom stereocenters. The number of nitrogens with one attached hydrogen (secondary N) is 1. The van der Waals surface area contributed by atoms with E-state index in [1.54, 1.807) is 0 Å². The fourth-order valence-electron chi connectivity index (χ4n) is 2.82. The maximum Gasteiger partial charge on any atom is 0.248 e. The summed E-state index contributed by atoms with van der Waals surface area (Å²) in [5, 5.41) is 4.57. The highest BCUT2D eigenvalue weighted by molar-refractivity contribution is 5.89. The van der Waals surface area contributed by atoms with Crippen LogP contribution in [0.25, 0.3) is 21.3 Å². The van der Waals surface area contributed by atoms with E-state index in [-0.39, 0.29) is 11.7 Å². The lowest BCUT2D eigenvalue weighted by atomic mass is 9.96. The molecule has 1 N–H and O–H groups in total. The molecule has 0 aliphatic carbocycles. The van der Waals surface area contributed by atoms with Crippen molar-refractivity contribution in [3.05, 3.63) is 49.6 Å². The highest BCUT2D eigenvalue weighted by atomic mass is 16.5. The van der Waals surface area contributed by atoms with Crippen molar-refractivity contribution in [1.82, 2.24) is 4.98 Å². The molecule has 0 saturated carbocycles. The molecule has 102 valence electrons. The van der Waals surface area contributed by atoms with Crippen LogP contribution in [0, 0.1) is 13.8 Å². The summed E-state index contributed by atoms with van der Waals surface area (Å²) in [6.45, 7) is 4.28. The van der Waals surface area contributed by atoms with Gasteiger partial charge < -0.3 is 9.72 Å². The SMILES string of the molecule is Cc1c2c(c(C)c3[nH]c(=O)ccc13)CC(CN=[N+]=[N-])O2. The Hall–Kier alpha value is -2.46. The zero-order valence-electron chi connectivity index (χ0n) is 11.3. The third-order valence-corrected chi connectivity index (χ3v) is 3.83. The number of ether oxygens (including phenoxy) is 1. The first-order chi connectivity index (χ1) is 9.61. The van der Waals surface area contributed by atoms with Crippen LogP contribution in [-0.2, 0) is 6.42 Å². The van der Waals surface area contributed by atoms with E-state index >= 15 is 0 Å². The van der Waals surface area contributed by atoms with Gasteiger partial charge in [-0.1, -0.05) is 5.11 Å². The predicted molar refractivity (Wildman–Crippen MR) is 76.2 cm³/mol. The van der Waals surface area contributed by atoms with Crippen LogP contribution in [0.1, 0.15) is 16.7 Å². The average molecular weight is 270 g/mol. The number of fused-ring (bicyclic) bond motifs is 2. The van der Waals surface area contributed by atoms with Crippen LogP contribution in [0.15, 0.2) is 22.0 Å². The summed E-state index contributed by atoms with van der Waals surface area (Å²) in [6.07, 6.45) is 0.579. The zero-order chi connectivity index (χ0) is 14.3. The van der Waals surface area contributed by atoms with E-state index in [0.717, 1.165) is 33.3 Å². The number of nitrogens with zero attached hydrogens (tertiary/aromatic N) is 3. The Morgan fingerprint density at radius 3 is 3.00 bits per heavy atom. The molecule has 1 aliphatic rings. The molecule has 0 fully saturated rings. The van der Waals surface area contributed by atoms with Crippen LogP contribution < -0.4 is 10.3 Å². The van der Waals surface area contributed by atoms with Crippen molar-refractivity contribution in [1.29, 1.82) is 0 Å². The van der Waals surface area contributed by atoms with Gasteiger partial charge in [0.2, 0.25) is 5.56 Å². The van der Waals surface area contributed by atoms with Gasteiger partial charge >= 0.3 is 0 Å². The predicted octanol–water partition coefficient (Wildman–Crippen LogP) is 2.76. The van der Waals surface area contributed by atoms with Crippen LogP contribution in [0.2, 0.25) is 0 Å². The van der Waals surface area contributed by atoms with Crippen molar-refractivity contribution in [2.24, 2.45) is 5.11 Å². The van der Waals surface area contributed by atoms with Gasteiger partial charge in [-0.05, 0) is 31.0 Å². The maximum absolute atomic E-state index is 11.5. The highest BCUT2D eigenvalue weighted by Gasteiger charge is 2.27. The molecule has 3 rings (SSSR count). The van der Waals surface area contributed by atoms with E-state index in [4.69, 9.17) is 10.3 Å². The molecule has 0 spiro atoms. The molecule has 2 heterocycles. The molecule has 20 heavy (non-hydrogen) atoms. The standard InChI is InChI=1S/C14H14N4O2/c1-7-11-5-9(6-16-18-15)20-14(11)8(2)10-3-4-12(19)17-13(7)10/h3-4,9H,5-6H2,1-2H3,(H,17,19). The smallest absolute Gasteiger partial charge is 0.248 e. The molecule has 6 heteroatoms. The fourth-order valence-corrected chi connectivity index (χ4v) is 2.82. The van der Waals surface area contributed by atoms with Crippen molar-refractivity contribution in [3.63, 3.8) is 0 Å². The van der Waals surface area contributed by atoms with Gasteiger partial charge in [-0.3, -0.25) is 4.79 Å². The fraction of sp³-hybridized carbons (Fsp3) is 0.357. The van der Waals surface area contributed by atoms with Crippen molar-refractivity contribution >= 4 is 10.9 Å². The Morgan fingerprint density at radius 2 is 2.25 bits per heavy atom. The van der Waals surface area contributed by atoms with Crippen molar-refractivity contribution in [3.8, 4) is 5.75 Å². The highest BCUT2D eigenvalue weighted by Crippen LogP contribution is 2.39. The van der Waals surface area contributed by atoms with Crippen LogP contribution in [-0.4, -0.2) is 17.6 Å². The monoisotopic (exact) mass is 270 g/mol. The second-order valence-electron chi connectivity index (χ2n) is 5.03. The topological polar surface area (TPSA) is 90.9 Å². The number of benzene rings is 1. The summed E-state index contributed by atoms with van der Waals surface area (Å²) in [7, 11) is 0. The van der Waals surface area contributed by atoms with E-state index < -0.39 is 0 Å². The number of hydrogen-bond donors (Lipinski definition) is 1. The number of azide groups is 1. The first-order valence-electron chi connectivity index (χ1n) is 6.44. The minimum absolute atomic E-state index is 0.107. The van der Waals surface area contributed by atoms with Crippen molar-refractivity contribution < 1.29 is 4.74 Å². The lowest BCUT2D eigenvalue weighted by Crippen LogP contribution is -2.16. The van der Waals surface area contributed by atoms with Gasteiger partial charge in [-0.2, -0.15) is 0 Å². The van der Waals surface area contributed by atoms with Gasteiger partial charge in [0, 0.05) is 33.9 Å². The number of pyridine rings is 1. The minimum atomic E-state index is -0.123. The molecule has 6 nitrogen and oxygen atoms in total. The molecule has 0 bridgehead atoms. The zero-order valence-corrected chi connectivity index (χ0v) is 11.3. The summed E-state index contributed by atoms with van der Waals surface area (Å²) in [6, 6.07) is 3.34. The number of H-pyrrole nitrogens is 1. The van der Waals surface area contributed by atoms with Crippen molar-refractivity contribution in [2.45, 2.75) is 26.4 Å². The summed E-state index contributed by atoms with van der Waals surface area (Å²) in [5.41, 5.74) is 12.3. The van der Waals surface area contributed by atoms with Gasteiger partial charge in [0.15, 0.2) is 0 Å². The molecule has 1 unspecified atom stereocenters. The van der Waals surface area contributed by atoms with Crippen molar-refractivity contribution in [2.75, 3.05) is 6.54 Å². The Bertz CT molecular complexity index is 803. The maximum atomic E-state index is 11.5. The van der Waals surface area contributed by atoms with Gasteiger partial charge in [0.1, 0.15) is 11.9 Å². The molecule has 1 aromatic heterocycles. The molecule has 0 saturated heterocycles. The molecule has 1 aliphatic heterocycles.